The van der Waals surface area contributed by atoms with Crippen molar-refractivity contribution in [2.75, 3.05) is 0 Å². The molecule has 0 aromatic heterocycles. The van der Waals surface area contributed by atoms with Crippen LogP contribution in [0.2, 0.25) is 0 Å². The van der Waals surface area contributed by atoms with Gasteiger partial charge in [-0.25, -0.2) is 0 Å². The van der Waals surface area contributed by atoms with Gasteiger partial charge in [-0.1, -0.05) is 49.6 Å². The lowest BCUT2D eigenvalue weighted by molar-refractivity contribution is -0.118. The molecule has 0 unspecified atom stereocenters. The molecular weight excluding hydrogens is 184 g/mol. The minimum absolute atomic E-state index is 0.369. The van der Waals surface area contributed by atoms with E-state index in [1.165, 1.54) is 18.4 Å². The molecule has 0 aliphatic heterocycles. The first kappa shape index (κ1) is 12.0. The van der Waals surface area contributed by atoms with Crippen LogP contribution in [0.25, 0.3) is 0 Å². The van der Waals surface area contributed by atoms with E-state index < -0.39 is 0 Å². The molecule has 0 N–H and O–H groups in total. The number of carbonyl (C=O) groups is 1. The number of Topliss-reactive ketones (excluding diaryl/α,β-unsaturated/α-hetero) is 1. The summed E-state index contributed by atoms with van der Waals surface area (Å²) in [5.41, 5.74) is 2.38. The van der Waals surface area contributed by atoms with E-state index in [1.807, 2.05) is 12.1 Å². The standard InChI is InChI=1S/C14H20O/c1-3-4-5-9-14(15)11-13-8-6-7-12(2)10-13/h6-8,10H,3-5,9,11H2,1-2H3. The summed E-state index contributed by atoms with van der Waals surface area (Å²) in [6, 6.07) is 8.21. The molecule has 0 saturated carbocycles. The topological polar surface area (TPSA) is 17.1 Å². The highest BCUT2D eigenvalue weighted by Crippen LogP contribution is 2.08. The lowest BCUT2D eigenvalue weighted by Crippen LogP contribution is -2.02. The van der Waals surface area contributed by atoms with E-state index in [0.717, 1.165) is 18.4 Å². The molecule has 0 amide bonds. The lowest BCUT2D eigenvalue weighted by Gasteiger charge is -2.02. The Morgan fingerprint density at radius 2 is 2.07 bits per heavy atom. The molecule has 0 atom stereocenters. The molecule has 1 nitrogen and oxygen atoms in total. The van der Waals surface area contributed by atoms with Gasteiger partial charge in [0.15, 0.2) is 0 Å². The second-order valence-electron chi connectivity index (χ2n) is 4.16. The van der Waals surface area contributed by atoms with Gasteiger partial charge in [0.1, 0.15) is 5.78 Å². The van der Waals surface area contributed by atoms with E-state index in [0.29, 0.717) is 12.2 Å². The molecule has 0 aliphatic carbocycles. The average molecular weight is 204 g/mol. The number of hydrogen-bond donors (Lipinski definition) is 0. The van der Waals surface area contributed by atoms with Crippen molar-refractivity contribution >= 4 is 5.78 Å². The van der Waals surface area contributed by atoms with Crippen LogP contribution >= 0.6 is 0 Å². The van der Waals surface area contributed by atoms with E-state index >= 15 is 0 Å². The zero-order valence-electron chi connectivity index (χ0n) is 9.75. The van der Waals surface area contributed by atoms with Gasteiger partial charge in [0.2, 0.25) is 0 Å². The van der Waals surface area contributed by atoms with Crippen molar-refractivity contribution in [3.63, 3.8) is 0 Å². The number of aryl methyl sites for hydroxylation is 1. The van der Waals surface area contributed by atoms with Gasteiger partial charge >= 0.3 is 0 Å². The zero-order valence-corrected chi connectivity index (χ0v) is 9.75. The minimum Gasteiger partial charge on any atom is -0.299 e. The van der Waals surface area contributed by atoms with Crippen LogP contribution in [0.15, 0.2) is 24.3 Å². The summed E-state index contributed by atoms with van der Waals surface area (Å²) < 4.78 is 0. The smallest absolute Gasteiger partial charge is 0.137 e. The van der Waals surface area contributed by atoms with Crippen molar-refractivity contribution in [1.29, 1.82) is 0 Å². The molecule has 0 aliphatic rings. The number of hydrogen-bond acceptors (Lipinski definition) is 1. The number of ketones is 1. The van der Waals surface area contributed by atoms with E-state index in [4.69, 9.17) is 0 Å². The number of rotatable bonds is 6. The molecule has 0 spiro atoms. The van der Waals surface area contributed by atoms with Gasteiger partial charge in [0.05, 0.1) is 0 Å². The third-order valence-corrected chi connectivity index (χ3v) is 2.54. The minimum atomic E-state index is 0.369. The normalized spacial score (nSPS) is 10.3. The average Bonchev–Trinajstić information content (AvgIpc) is 2.18. The number of unbranched alkanes of at least 4 members (excludes halogenated alkanes) is 2. The van der Waals surface area contributed by atoms with Crippen molar-refractivity contribution < 1.29 is 4.79 Å². The fraction of sp³-hybridized carbons (Fsp3) is 0.500. The van der Waals surface area contributed by atoms with Crippen molar-refractivity contribution in [3.05, 3.63) is 35.4 Å². The van der Waals surface area contributed by atoms with Gasteiger partial charge in [0.25, 0.3) is 0 Å². The summed E-state index contributed by atoms with van der Waals surface area (Å²) in [6.07, 6.45) is 4.73. The predicted octanol–water partition coefficient (Wildman–Crippen LogP) is 3.69. The molecular formula is C14H20O. The van der Waals surface area contributed by atoms with E-state index in [-0.39, 0.29) is 0 Å². The SMILES string of the molecule is CCCCCC(=O)Cc1cccc(C)c1. The first-order valence-electron chi connectivity index (χ1n) is 5.79. The van der Waals surface area contributed by atoms with Crippen molar-refractivity contribution in [1.82, 2.24) is 0 Å². The first-order valence-corrected chi connectivity index (χ1v) is 5.79. The maximum absolute atomic E-state index is 11.6. The summed E-state index contributed by atoms with van der Waals surface area (Å²) in [5.74, 6) is 0.369. The fourth-order valence-electron chi connectivity index (χ4n) is 1.71. The monoisotopic (exact) mass is 204 g/mol. The molecule has 1 aromatic rings. The number of carbonyl (C=O) groups excluding carboxylic acids is 1. The Balaban J connectivity index is 2.37. The van der Waals surface area contributed by atoms with Crippen LogP contribution < -0.4 is 0 Å². The molecule has 0 heterocycles. The van der Waals surface area contributed by atoms with Gasteiger partial charge < -0.3 is 0 Å². The second-order valence-corrected chi connectivity index (χ2v) is 4.16. The summed E-state index contributed by atoms with van der Waals surface area (Å²) in [6.45, 7) is 4.22. The van der Waals surface area contributed by atoms with Crippen LogP contribution in [-0.4, -0.2) is 5.78 Å². The van der Waals surface area contributed by atoms with Crippen LogP contribution in [0, 0.1) is 6.92 Å². The second kappa shape index (κ2) is 6.39. The Kier molecular flexibility index (Phi) is 5.09. The van der Waals surface area contributed by atoms with Crippen LogP contribution in [-0.2, 0) is 11.2 Å². The van der Waals surface area contributed by atoms with Crippen molar-refractivity contribution in [2.45, 2.75) is 46.0 Å². The Bertz CT molecular complexity index is 315. The summed E-state index contributed by atoms with van der Waals surface area (Å²) in [4.78, 5) is 11.6. The van der Waals surface area contributed by atoms with Crippen LogP contribution in [0.3, 0.4) is 0 Å². The van der Waals surface area contributed by atoms with E-state index in [2.05, 4.69) is 26.0 Å². The van der Waals surface area contributed by atoms with Gasteiger partial charge in [-0.3, -0.25) is 4.79 Å². The van der Waals surface area contributed by atoms with E-state index in [9.17, 15) is 4.79 Å². The first-order chi connectivity index (χ1) is 7.22. The van der Waals surface area contributed by atoms with Crippen molar-refractivity contribution in [2.24, 2.45) is 0 Å². The third-order valence-electron chi connectivity index (χ3n) is 2.54. The van der Waals surface area contributed by atoms with Crippen LogP contribution in [0.4, 0.5) is 0 Å². The third kappa shape index (κ3) is 4.78. The summed E-state index contributed by atoms with van der Waals surface area (Å²) in [7, 11) is 0. The summed E-state index contributed by atoms with van der Waals surface area (Å²) in [5, 5.41) is 0. The predicted molar refractivity (Wildman–Crippen MR) is 64.0 cm³/mol. The summed E-state index contributed by atoms with van der Waals surface area (Å²) >= 11 is 0. The molecule has 15 heavy (non-hydrogen) atoms. The molecule has 1 heteroatoms. The van der Waals surface area contributed by atoms with Crippen molar-refractivity contribution in [3.8, 4) is 0 Å². The van der Waals surface area contributed by atoms with Gasteiger partial charge in [0, 0.05) is 12.8 Å². The van der Waals surface area contributed by atoms with Crippen LogP contribution in [0.5, 0.6) is 0 Å². The highest BCUT2D eigenvalue weighted by Gasteiger charge is 2.03. The quantitative estimate of drug-likeness (QED) is 0.646. The van der Waals surface area contributed by atoms with Gasteiger partial charge in [-0.2, -0.15) is 0 Å². The highest BCUT2D eigenvalue weighted by molar-refractivity contribution is 5.80. The fourth-order valence-corrected chi connectivity index (χ4v) is 1.71. The largest absolute Gasteiger partial charge is 0.299 e. The Hall–Kier alpha value is -1.11. The van der Waals surface area contributed by atoms with Gasteiger partial charge in [-0.05, 0) is 18.9 Å². The zero-order chi connectivity index (χ0) is 11.1. The lowest BCUT2D eigenvalue weighted by atomic mass is 10.0. The highest BCUT2D eigenvalue weighted by atomic mass is 16.1. The van der Waals surface area contributed by atoms with E-state index in [1.54, 1.807) is 0 Å². The molecule has 1 rings (SSSR count). The molecule has 0 fully saturated rings. The molecule has 0 radical (unpaired) electrons. The molecule has 1 aromatic carbocycles. The Morgan fingerprint density at radius 1 is 1.27 bits per heavy atom. The molecule has 82 valence electrons. The maximum atomic E-state index is 11.6. The number of benzene rings is 1. The Labute approximate surface area is 92.5 Å². The van der Waals surface area contributed by atoms with Gasteiger partial charge in [-0.15, -0.1) is 0 Å². The Morgan fingerprint density at radius 3 is 2.73 bits per heavy atom. The van der Waals surface area contributed by atoms with Crippen LogP contribution in [0.1, 0.15) is 43.7 Å². The maximum Gasteiger partial charge on any atom is 0.137 e. The molecule has 0 saturated heterocycles. The molecule has 0 bridgehead atoms.